The van der Waals surface area contributed by atoms with E-state index in [9.17, 15) is 14.7 Å². The third kappa shape index (κ3) is 4.68. The molecule has 2 bridgehead atoms. The fraction of sp³-hybridized carbons (Fsp3) is 0.300. The molecule has 2 aromatic heterocycles. The van der Waals surface area contributed by atoms with Gasteiger partial charge in [-0.1, -0.05) is 54.6 Å². The standard InChI is InChI=1S/C30H29N3O5/c34-28(22-8-2-1-3-9-22)30(36)38-33(29(35)26-18-23-10-4-5-11-25(23)37-26)27-21-12-15-32(16-13-21)24(27)17-20-7-6-14-31-19-20/h1-11,14,18-19,21,24,27-28,34H,12-13,15-17H2/t24-,27+,28+/m0/s1. The fourth-order valence-corrected chi connectivity index (χ4v) is 5.83. The molecule has 0 spiro atoms. The van der Waals surface area contributed by atoms with Crippen LogP contribution in [-0.2, 0) is 16.1 Å². The zero-order chi connectivity index (χ0) is 26.1. The van der Waals surface area contributed by atoms with Crippen LogP contribution in [0, 0.1) is 5.92 Å². The molecule has 8 heteroatoms. The number of pyridine rings is 1. The number of aromatic nitrogens is 1. The minimum Gasteiger partial charge on any atom is -0.451 e. The van der Waals surface area contributed by atoms with Gasteiger partial charge in [-0.25, -0.2) is 4.79 Å². The summed E-state index contributed by atoms with van der Waals surface area (Å²) in [7, 11) is 0. The van der Waals surface area contributed by atoms with Crippen molar-refractivity contribution in [2.45, 2.75) is 37.5 Å². The van der Waals surface area contributed by atoms with Crippen molar-refractivity contribution in [3.8, 4) is 0 Å². The number of carbonyl (C=O) groups excluding carboxylic acids is 2. The van der Waals surface area contributed by atoms with E-state index < -0.39 is 24.0 Å². The van der Waals surface area contributed by atoms with Crippen LogP contribution in [0.4, 0.5) is 0 Å². The highest BCUT2D eigenvalue weighted by Gasteiger charge is 2.49. The van der Waals surface area contributed by atoms with Gasteiger partial charge in [0.15, 0.2) is 11.9 Å². The van der Waals surface area contributed by atoms with Gasteiger partial charge in [0.1, 0.15) is 5.58 Å². The summed E-state index contributed by atoms with van der Waals surface area (Å²) in [6, 6.07) is 21.0. The Morgan fingerprint density at radius 3 is 2.55 bits per heavy atom. The molecule has 2 aromatic carbocycles. The normalized spacial score (nSPS) is 23.2. The average molecular weight is 512 g/mol. The quantitative estimate of drug-likeness (QED) is 0.388. The molecule has 1 N–H and O–H groups in total. The number of rotatable bonds is 6. The van der Waals surface area contributed by atoms with E-state index in [0.29, 0.717) is 17.6 Å². The zero-order valence-electron chi connectivity index (χ0n) is 20.8. The van der Waals surface area contributed by atoms with Gasteiger partial charge in [0, 0.05) is 23.8 Å². The predicted octanol–water partition coefficient (Wildman–Crippen LogP) is 4.17. The topological polar surface area (TPSA) is 96.1 Å². The van der Waals surface area contributed by atoms with Gasteiger partial charge in [-0.05, 0) is 67.6 Å². The van der Waals surface area contributed by atoms with Crippen molar-refractivity contribution in [1.29, 1.82) is 0 Å². The first-order chi connectivity index (χ1) is 18.6. The predicted molar refractivity (Wildman–Crippen MR) is 140 cm³/mol. The van der Waals surface area contributed by atoms with Crippen LogP contribution in [0.5, 0.6) is 0 Å². The number of carbonyl (C=O) groups is 2. The summed E-state index contributed by atoms with van der Waals surface area (Å²) in [5, 5.41) is 12.7. The molecule has 1 amide bonds. The lowest BCUT2D eigenvalue weighted by Gasteiger charge is -2.53. The van der Waals surface area contributed by atoms with E-state index in [1.54, 1.807) is 48.7 Å². The molecule has 3 aliphatic heterocycles. The molecule has 3 atom stereocenters. The number of hydroxylamine groups is 2. The van der Waals surface area contributed by atoms with E-state index in [2.05, 4.69) is 9.88 Å². The molecule has 5 heterocycles. The summed E-state index contributed by atoms with van der Waals surface area (Å²) in [6.45, 7) is 1.83. The molecule has 0 aliphatic carbocycles. The smallest absolute Gasteiger partial charge is 0.365 e. The number of fused-ring (bicyclic) bond motifs is 4. The van der Waals surface area contributed by atoms with E-state index in [4.69, 9.17) is 9.25 Å². The second-order valence-electron chi connectivity index (χ2n) is 10.00. The number of aliphatic hydroxyl groups excluding tert-OH is 1. The Morgan fingerprint density at radius 2 is 1.82 bits per heavy atom. The van der Waals surface area contributed by atoms with Gasteiger partial charge in [0.25, 0.3) is 0 Å². The van der Waals surface area contributed by atoms with Crippen LogP contribution < -0.4 is 0 Å². The third-order valence-electron chi connectivity index (χ3n) is 7.72. The molecule has 0 saturated carbocycles. The van der Waals surface area contributed by atoms with Crippen LogP contribution in [0.3, 0.4) is 0 Å². The molecule has 3 aliphatic rings. The molecule has 194 valence electrons. The third-order valence-corrected chi connectivity index (χ3v) is 7.72. The van der Waals surface area contributed by atoms with Gasteiger partial charge in [0.2, 0.25) is 0 Å². The molecule has 7 rings (SSSR count). The Balaban J connectivity index is 1.36. The van der Waals surface area contributed by atoms with Crippen LogP contribution in [-0.4, -0.2) is 57.1 Å². The molecule has 0 unspecified atom stereocenters. The van der Waals surface area contributed by atoms with E-state index in [1.807, 2.05) is 36.5 Å². The number of furan rings is 1. The van der Waals surface area contributed by atoms with Crippen molar-refractivity contribution < 1.29 is 24.0 Å². The summed E-state index contributed by atoms with van der Waals surface area (Å²) < 4.78 is 5.89. The molecule has 38 heavy (non-hydrogen) atoms. The van der Waals surface area contributed by atoms with E-state index in [-0.39, 0.29) is 17.7 Å². The van der Waals surface area contributed by atoms with Gasteiger partial charge < -0.3 is 14.4 Å². The lowest BCUT2D eigenvalue weighted by molar-refractivity contribution is -0.213. The molecule has 0 radical (unpaired) electrons. The average Bonchev–Trinajstić information content (AvgIpc) is 3.41. The van der Waals surface area contributed by atoms with E-state index >= 15 is 0 Å². The van der Waals surface area contributed by atoms with Crippen molar-refractivity contribution in [1.82, 2.24) is 14.9 Å². The SMILES string of the molecule is O=C(ON(C(=O)c1cc2ccccc2o1)[C@@H]1C2CCN(CC2)[C@H]1Cc1cccnc1)[C@H](O)c1ccccc1. The molecule has 4 aromatic rings. The highest BCUT2D eigenvalue weighted by Crippen LogP contribution is 2.38. The summed E-state index contributed by atoms with van der Waals surface area (Å²) in [6.07, 6.45) is 4.46. The number of para-hydroxylation sites is 1. The largest absolute Gasteiger partial charge is 0.451 e. The second-order valence-corrected chi connectivity index (χ2v) is 10.00. The minimum absolute atomic E-state index is 0.0818. The van der Waals surface area contributed by atoms with Crippen LogP contribution in [0.1, 0.15) is 40.6 Å². The highest BCUT2D eigenvalue weighted by atomic mass is 16.7. The Morgan fingerprint density at radius 1 is 1.05 bits per heavy atom. The summed E-state index contributed by atoms with van der Waals surface area (Å²) in [5.74, 6) is -1.22. The zero-order valence-corrected chi connectivity index (χ0v) is 20.8. The molecular formula is C30H29N3O5. The first kappa shape index (κ1) is 24.3. The first-order valence-electron chi connectivity index (χ1n) is 13.0. The van der Waals surface area contributed by atoms with Gasteiger partial charge in [0.05, 0.1) is 6.04 Å². The monoisotopic (exact) mass is 511 g/mol. The van der Waals surface area contributed by atoms with Gasteiger partial charge in [-0.3, -0.25) is 14.7 Å². The molecule has 8 nitrogen and oxygen atoms in total. The number of nitrogens with zero attached hydrogens (tertiary/aromatic N) is 3. The summed E-state index contributed by atoms with van der Waals surface area (Å²) in [4.78, 5) is 39.7. The van der Waals surface area contributed by atoms with Crippen molar-refractivity contribution in [2.75, 3.05) is 13.1 Å². The van der Waals surface area contributed by atoms with Crippen molar-refractivity contribution >= 4 is 22.8 Å². The number of hydrogen-bond donors (Lipinski definition) is 1. The van der Waals surface area contributed by atoms with Crippen LogP contribution >= 0.6 is 0 Å². The summed E-state index contributed by atoms with van der Waals surface area (Å²) in [5.41, 5.74) is 2.02. The number of amides is 1. The van der Waals surface area contributed by atoms with Gasteiger partial charge >= 0.3 is 11.9 Å². The lowest BCUT2D eigenvalue weighted by atomic mass is 9.76. The Hall–Kier alpha value is -4.01. The number of hydrogen-bond acceptors (Lipinski definition) is 7. The van der Waals surface area contributed by atoms with Crippen molar-refractivity contribution in [3.63, 3.8) is 0 Å². The van der Waals surface area contributed by atoms with Crippen LogP contribution in [0.2, 0.25) is 0 Å². The van der Waals surface area contributed by atoms with Crippen LogP contribution in [0.15, 0.2) is 89.6 Å². The fourth-order valence-electron chi connectivity index (χ4n) is 5.83. The number of benzene rings is 2. The van der Waals surface area contributed by atoms with Crippen LogP contribution in [0.25, 0.3) is 11.0 Å². The Kier molecular flexibility index (Phi) is 6.66. The Labute approximate surface area is 220 Å². The number of piperidine rings is 3. The van der Waals surface area contributed by atoms with E-state index in [1.165, 1.54) is 5.06 Å². The molecule has 3 fully saturated rings. The first-order valence-corrected chi connectivity index (χ1v) is 13.0. The highest BCUT2D eigenvalue weighted by molar-refractivity contribution is 5.96. The lowest BCUT2D eigenvalue weighted by Crippen LogP contribution is -2.65. The second kappa shape index (κ2) is 10.4. The maximum Gasteiger partial charge on any atom is 0.365 e. The van der Waals surface area contributed by atoms with Gasteiger partial charge in [-0.2, -0.15) is 5.06 Å². The maximum atomic E-state index is 14.0. The molecule has 3 saturated heterocycles. The Bertz CT molecular complexity index is 1380. The molecular weight excluding hydrogens is 482 g/mol. The summed E-state index contributed by atoms with van der Waals surface area (Å²) >= 11 is 0. The number of aliphatic hydroxyl groups is 1. The van der Waals surface area contributed by atoms with Gasteiger partial charge in [-0.15, -0.1) is 0 Å². The maximum absolute atomic E-state index is 14.0. The minimum atomic E-state index is -1.53. The van der Waals surface area contributed by atoms with Crippen molar-refractivity contribution in [3.05, 3.63) is 102 Å². The van der Waals surface area contributed by atoms with E-state index in [0.717, 1.165) is 36.9 Å². The van der Waals surface area contributed by atoms with Crippen molar-refractivity contribution in [2.24, 2.45) is 5.92 Å².